The summed E-state index contributed by atoms with van der Waals surface area (Å²) in [4.78, 5) is 13.0. The molecule has 2 fully saturated rings. The van der Waals surface area contributed by atoms with Gasteiger partial charge in [0.15, 0.2) is 0 Å². The van der Waals surface area contributed by atoms with E-state index in [1.54, 1.807) is 24.3 Å². The first-order valence-electron chi connectivity index (χ1n) is 11.9. The Bertz CT molecular complexity index is 1310. The van der Waals surface area contributed by atoms with Crippen molar-refractivity contribution in [1.82, 2.24) is 13.9 Å². The van der Waals surface area contributed by atoms with Gasteiger partial charge in [-0.15, -0.1) is 0 Å². The molecule has 8 nitrogen and oxygen atoms in total. The van der Waals surface area contributed by atoms with Crippen molar-refractivity contribution in [3.63, 3.8) is 0 Å². The smallest absolute Gasteiger partial charge is 0.244 e. The molecule has 0 bridgehead atoms. The van der Waals surface area contributed by atoms with Crippen molar-refractivity contribution < 1.29 is 21.6 Å². The topological polar surface area (TPSA) is 104 Å². The fourth-order valence-electron chi connectivity index (χ4n) is 4.56. The molecule has 2 saturated heterocycles. The van der Waals surface area contributed by atoms with E-state index in [9.17, 15) is 21.6 Å². The van der Waals surface area contributed by atoms with E-state index in [0.717, 1.165) is 24.8 Å². The van der Waals surface area contributed by atoms with E-state index in [4.69, 9.17) is 23.2 Å². The van der Waals surface area contributed by atoms with E-state index in [-0.39, 0.29) is 38.8 Å². The van der Waals surface area contributed by atoms with Gasteiger partial charge in [0.05, 0.1) is 15.8 Å². The minimum atomic E-state index is -3.90. The second-order valence-corrected chi connectivity index (χ2v) is 13.8. The van der Waals surface area contributed by atoms with Crippen LogP contribution in [0.5, 0.6) is 0 Å². The summed E-state index contributed by atoms with van der Waals surface area (Å²) in [7, 11) is -7.41. The summed E-state index contributed by atoms with van der Waals surface area (Å²) < 4.78 is 54.7. The van der Waals surface area contributed by atoms with E-state index >= 15 is 0 Å². The summed E-state index contributed by atoms with van der Waals surface area (Å²) in [5.41, 5.74) is 0.756. The number of carbonyl (C=O) groups excluding carboxylic acids is 1. The van der Waals surface area contributed by atoms with Gasteiger partial charge in [0.25, 0.3) is 0 Å². The van der Waals surface area contributed by atoms with Crippen molar-refractivity contribution in [2.24, 2.45) is 5.92 Å². The molecule has 0 radical (unpaired) electrons. The van der Waals surface area contributed by atoms with Crippen molar-refractivity contribution in [2.75, 3.05) is 26.2 Å². The number of rotatable bonds is 7. The zero-order chi connectivity index (χ0) is 25.9. The molecule has 2 aromatic rings. The van der Waals surface area contributed by atoms with Gasteiger partial charge >= 0.3 is 0 Å². The van der Waals surface area contributed by atoms with E-state index in [1.165, 1.54) is 26.8 Å². The number of nitrogens with zero attached hydrogens (tertiary/aromatic N) is 2. The van der Waals surface area contributed by atoms with E-state index < -0.39 is 26.0 Å². The van der Waals surface area contributed by atoms with Crippen LogP contribution in [0.25, 0.3) is 0 Å². The lowest BCUT2D eigenvalue weighted by Crippen LogP contribution is -2.45. The number of nitrogens with one attached hydrogen (secondary N) is 1. The zero-order valence-corrected chi connectivity index (χ0v) is 22.8. The molecule has 196 valence electrons. The molecule has 12 heteroatoms. The summed E-state index contributed by atoms with van der Waals surface area (Å²) in [6, 6.07) is 10.8. The van der Waals surface area contributed by atoms with Crippen molar-refractivity contribution in [3.8, 4) is 0 Å². The molecule has 2 heterocycles. The Morgan fingerprint density at radius 3 is 2.22 bits per heavy atom. The molecule has 2 aliphatic rings. The van der Waals surface area contributed by atoms with Gasteiger partial charge in [0, 0.05) is 37.7 Å². The number of carbonyl (C=O) groups is 1. The lowest BCUT2D eigenvalue weighted by molar-refractivity contribution is -0.126. The SMILES string of the molecule is O=C(NCc1ccc(S(=O)(=O)N2CCCCC2)cc1)[C@H]1CCCN(S(=O)(=O)c2cc(Cl)ccc2Cl)C1. The molecule has 2 aliphatic heterocycles. The molecule has 4 rings (SSSR count). The van der Waals surface area contributed by atoms with Gasteiger partial charge in [-0.2, -0.15) is 8.61 Å². The Balaban J connectivity index is 1.37. The average molecular weight is 575 g/mol. The van der Waals surface area contributed by atoms with E-state index in [0.29, 0.717) is 32.5 Å². The van der Waals surface area contributed by atoms with Crippen LogP contribution in [0.15, 0.2) is 52.3 Å². The van der Waals surface area contributed by atoms with Gasteiger partial charge in [-0.05, 0) is 61.6 Å². The number of piperidine rings is 2. The lowest BCUT2D eigenvalue weighted by Gasteiger charge is -2.31. The first-order chi connectivity index (χ1) is 17.1. The third kappa shape index (κ3) is 6.06. The molecular formula is C24H29Cl2N3O5S2. The van der Waals surface area contributed by atoms with Gasteiger partial charge in [-0.3, -0.25) is 4.79 Å². The van der Waals surface area contributed by atoms with Gasteiger partial charge in [-0.1, -0.05) is 41.8 Å². The number of sulfonamides is 2. The molecular weight excluding hydrogens is 545 g/mol. The van der Waals surface area contributed by atoms with Crippen LogP contribution >= 0.6 is 23.2 Å². The maximum Gasteiger partial charge on any atom is 0.244 e. The molecule has 0 unspecified atom stereocenters. The Hall–Kier alpha value is -1.69. The van der Waals surface area contributed by atoms with E-state index in [2.05, 4.69) is 5.32 Å². The highest BCUT2D eigenvalue weighted by molar-refractivity contribution is 7.89. The van der Waals surface area contributed by atoms with Crippen molar-refractivity contribution >= 4 is 49.2 Å². The summed E-state index contributed by atoms with van der Waals surface area (Å²) >= 11 is 12.1. The predicted molar refractivity (Wildman–Crippen MR) is 139 cm³/mol. The van der Waals surface area contributed by atoms with Crippen LogP contribution in [0.1, 0.15) is 37.7 Å². The molecule has 0 spiro atoms. The van der Waals surface area contributed by atoms with Crippen molar-refractivity contribution in [1.29, 1.82) is 0 Å². The van der Waals surface area contributed by atoms with Crippen LogP contribution in [-0.2, 0) is 31.4 Å². The maximum atomic E-state index is 13.1. The molecule has 1 N–H and O–H groups in total. The van der Waals surface area contributed by atoms with Crippen molar-refractivity contribution in [3.05, 3.63) is 58.1 Å². The van der Waals surface area contributed by atoms with Gasteiger partial charge in [0.2, 0.25) is 26.0 Å². The lowest BCUT2D eigenvalue weighted by atomic mass is 9.99. The van der Waals surface area contributed by atoms with Crippen LogP contribution in [0.2, 0.25) is 10.0 Å². The molecule has 0 aromatic heterocycles. The van der Waals surface area contributed by atoms with Gasteiger partial charge < -0.3 is 5.32 Å². The predicted octanol–water partition coefficient (Wildman–Crippen LogP) is 3.89. The molecule has 1 amide bonds. The van der Waals surface area contributed by atoms with Crippen LogP contribution in [0.3, 0.4) is 0 Å². The van der Waals surface area contributed by atoms with Crippen LogP contribution in [0.4, 0.5) is 0 Å². The first-order valence-corrected chi connectivity index (χ1v) is 15.5. The zero-order valence-electron chi connectivity index (χ0n) is 19.7. The Kier molecular flexibility index (Phi) is 8.63. The number of benzene rings is 2. The third-order valence-corrected chi connectivity index (χ3v) is 11.1. The van der Waals surface area contributed by atoms with Crippen molar-refractivity contribution in [2.45, 2.75) is 48.4 Å². The summed E-state index contributed by atoms with van der Waals surface area (Å²) in [6.45, 7) is 1.63. The number of hydrogen-bond acceptors (Lipinski definition) is 5. The molecule has 1 atom stereocenters. The van der Waals surface area contributed by atoms with Crippen LogP contribution in [0, 0.1) is 5.92 Å². The summed E-state index contributed by atoms with van der Waals surface area (Å²) in [5.74, 6) is -0.762. The quantitative estimate of drug-likeness (QED) is 0.541. The highest BCUT2D eigenvalue weighted by Gasteiger charge is 2.34. The second-order valence-electron chi connectivity index (χ2n) is 9.10. The van der Waals surface area contributed by atoms with Crippen LogP contribution < -0.4 is 5.32 Å². The molecule has 0 aliphatic carbocycles. The minimum absolute atomic E-state index is 0.0457. The highest BCUT2D eigenvalue weighted by Crippen LogP contribution is 2.30. The summed E-state index contributed by atoms with van der Waals surface area (Å²) in [5, 5.41) is 3.20. The molecule has 0 saturated carbocycles. The molecule has 36 heavy (non-hydrogen) atoms. The number of halogens is 2. The monoisotopic (exact) mass is 573 g/mol. The highest BCUT2D eigenvalue weighted by atomic mass is 35.5. The van der Waals surface area contributed by atoms with Gasteiger partial charge in [-0.25, -0.2) is 16.8 Å². The van der Waals surface area contributed by atoms with E-state index in [1.807, 2.05) is 0 Å². The Labute approximate surface area is 222 Å². The fraction of sp³-hybridized carbons (Fsp3) is 0.458. The Morgan fingerprint density at radius 1 is 0.861 bits per heavy atom. The summed E-state index contributed by atoms with van der Waals surface area (Å²) in [6.07, 6.45) is 3.89. The number of hydrogen-bond donors (Lipinski definition) is 1. The Morgan fingerprint density at radius 2 is 1.53 bits per heavy atom. The largest absolute Gasteiger partial charge is 0.352 e. The fourth-order valence-corrected chi connectivity index (χ4v) is 8.33. The van der Waals surface area contributed by atoms with Crippen LogP contribution in [-0.4, -0.2) is 57.5 Å². The average Bonchev–Trinajstić information content (AvgIpc) is 2.89. The maximum absolute atomic E-state index is 13.1. The molecule has 2 aromatic carbocycles. The normalized spacial score (nSPS) is 20.2. The van der Waals surface area contributed by atoms with Gasteiger partial charge in [0.1, 0.15) is 4.90 Å². The standard InChI is InChI=1S/C24H29Cl2N3O5S2/c25-20-8-11-22(26)23(15-20)36(33,34)29-14-4-5-19(17-29)24(30)27-16-18-6-9-21(10-7-18)35(31,32)28-12-2-1-3-13-28/h6-11,15,19H,1-5,12-14,16-17H2,(H,27,30)/t19-/m0/s1. The number of amides is 1. The second kappa shape index (κ2) is 11.4. The minimum Gasteiger partial charge on any atom is -0.352 e. The first kappa shape index (κ1) is 27.3. The third-order valence-electron chi connectivity index (χ3n) is 6.61.